The summed E-state index contributed by atoms with van der Waals surface area (Å²) in [4.78, 5) is 15.3. The van der Waals surface area contributed by atoms with E-state index in [0.29, 0.717) is 37.6 Å². The van der Waals surface area contributed by atoms with Crippen LogP contribution in [-0.4, -0.2) is 93.5 Å². The highest BCUT2D eigenvalue weighted by molar-refractivity contribution is 7.89. The Labute approximate surface area is 237 Å². The van der Waals surface area contributed by atoms with Gasteiger partial charge in [-0.05, 0) is 62.1 Å². The number of hydrogen-bond donors (Lipinski definition) is 1. The third kappa shape index (κ3) is 6.69. The van der Waals surface area contributed by atoms with Crippen LogP contribution in [0.25, 0.3) is 0 Å². The number of carbonyl (C=O) groups excluding carboxylic acids is 1. The predicted molar refractivity (Wildman–Crippen MR) is 149 cm³/mol. The molecule has 0 spiro atoms. The number of likely N-dealkylation sites (tertiary alicyclic amines) is 1. The van der Waals surface area contributed by atoms with Gasteiger partial charge < -0.3 is 24.2 Å². The Bertz CT molecular complexity index is 1220. The van der Waals surface area contributed by atoms with E-state index in [2.05, 4.69) is 0 Å². The van der Waals surface area contributed by atoms with Crippen molar-refractivity contribution in [1.82, 2.24) is 9.21 Å². The van der Waals surface area contributed by atoms with E-state index in [9.17, 15) is 18.3 Å². The van der Waals surface area contributed by atoms with E-state index in [1.807, 2.05) is 42.3 Å². The molecule has 218 valence electrons. The zero-order valence-corrected chi connectivity index (χ0v) is 24.0. The van der Waals surface area contributed by atoms with Gasteiger partial charge in [0.2, 0.25) is 10.0 Å². The van der Waals surface area contributed by atoms with E-state index in [1.54, 1.807) is 12.1 Å². The topological polar surface area (TPSA) is 106 Å². The van der Waals surface area contributed by atoms with E-state index in [1.165, 1.54) is 23.5 Å². The van der Waals surface area contributed by atoms with E-state index >= 15 is 0 Å². The Hall–Kier alpha value is -2.50. The molecule has 0 bridgehead atoms. The van der Waals surface area contributed by atoms with E-state index in [0.717, 1.165) is 25.0 Å². The SMILES string of the molecule is COc1ccc(S(=O)(=O)N(C[C@@H](O)[C@@H](CC(=O)OC2CC3CCO[C@@H]3C2)Cc2ccccc2)C2CN(C)C2)cc1. The molecule has 2 aliphatic heterocycles. The number of hydrogen-bond acceptors (Lipinski definition) is 8. The van der Waals surface area contributed by atoms with Crippen molar-refractivity contribution in [3.8, 4) is 5.75 Å². The van der Waals surface area contributed by atoms with Gasteiger partial charge in [-0.3, -0.25) is 4.79 Å². The van der Waals surface area contributed by atoms with Crippen LogP contribution >= 0.6 is 0 Å². The molecule has 0 amide bonds. The molecule has 2 unspecified atom stereocenters. The van der Waals surface area contributed by atoms with Crippen LogP contribution < -0.4 is 4.74 Å². The Balaban J connectivity index is 1.32. The normalized spacial score (nSPS) is 24.9. The van der Waals surface area contributed by atoms with Gasteiger partial charge in [0.1, 0.15) is 11.9 Å². The average molecular weight is 573 g/mol. The molecule has 2 aromatic rings. The Morgan fingerprint density at radius 2 is 1.85 bits per heavy atom. The second-order valence-corrected chi connectivity index (χ2v) is 13.3. The zero-order valence-electron chi connectivity index (χ0n) is 23.2. The summed E-state index contributed by atoms with van der Waals surface area (Å²) in [6.45, 7) is 1.80. The first kappa shape index (κ1) is 29.0. The number of rotatable bonds is 12. The molecule has 5 rings (SSSR count). The van der Waals surface area contributed by atoms with Crippen LogP contribution in [0, 0.1) is 11.8 Å². The molecule has 2 aromatic carbocycles. The van der Waals surface area contributed by atoms with Gasteiger partial charge in [0.05, 0.1) is 36.7 Å². The van der Waals surface area contributed by atoms with Crippen LogP contribution in [0.3, 0.4) is 0 Å². The molecule has 2 saturated heterocycles. The minimum absolute atomic E-state index is 0.00371. The van der Waals surface area contributed by atoms with Gasteiger partial charge in [-0.15, -0.1) is 0 Å². The number of ether oxygens (including phenoxy) is 3. The van der Waals surface area contributed by atoms with Gasteiger partial charge >= 0.3 is 5.97 Å². The van der Waals surface area contributed by atoms with Crippen molar-refractivity contribution in [2.24, 2.45) is 11.8 Å². The maximum atomic E-state index is 13.8. The van der Waals surface area contributed by atoms with Crippen molar-refractivity contribution in [2.75, 3.05) is 40.4 Å². The maximum absolute atomic E-state index is 13.8. The second kappa shape index (κ2) is 12.6. The number of methoxy groups -OCH3 is 1. The molecule has 3 fully saturated rings. The zero-order chi connectivity index (χ0) is 28.3. The van der Waals surface area contributed by atoms with Crippen LogP contribution in [0.4, 0.5) is 0 Å². The average Bonchev–Trinajstić information content (AvgIpc) is 3.52. The van der Waals surface area contributed by atoms with Crippen LogP contribution in [-0.2, 0) is 30.7 Å². The molecule has 3 aliphatic rings. The van der Waals surface area contributed by atoms with Crippen LogP contribution in [0.1, 0.15) is 31.2 Å². The number of esters is 1. The molecule has 10 heteroatoms. The van der Waals surface area contributed by atoms with Gasteiger partial charge in [0.15, 0.2) is 0 Å². The van der Waals surface area contributed by atoms with Crippen molar-refractivity contribution in [3.05, 3.63) is 60.2 Å². The van der Waals surface area contributed by atoms with Gasteiger partial charge in [0, 0.05) is 38.6 Å². The molecular formula is C30H40N2O7S. The van der Waals surface area contributed by atoms with Gasteiger partial charge in [-0.25, -0.2) is 8.42 Å². The quantitative estimate of drug-likeness (QED) is 0.387. The molecule has 0 radical (unpaired) electrons. The molecule has 1 N–H and O–H groups in total. The summed E-state index contributed by atoms with van der Waals surface area (Å²) < 4.78 is 45.8. The summed E-state index contributed by atoms with van der Waals surface area (Å²) in [6, 6.07) is 15.7. The molecular weight excluding hydrogens is 532 g/mol. The van der Waals surface area contributed by atoms with Crippen molar-refractivity contribution >= 4 is 16.0 Å². The van der Waals surface area contributed by atoms with E-state index in [4.69, 9.17) is 14.2 Å². The van der Waals surface area contributed by atoms with Crippen molar-refractivity contribution in [2.45, 2.75) is 61.4 Å². The van der Waals surface area contributed by atoms with E-state index < -0.39 is 22.0 Å². The van der Waals surface area contributed by atoms with Crippen molar-refractivity contribution < 1.29 is 32.5 Å². The second-order valence-electron chi connectivity index (χ2n) is 11.4. The number of aliphatic hydroxyl groups excluding tert-OH is 1. The van der Waals surface area contributed by atoms with Crippen LogP contribution in [0.15, 0.2) is 59.5 Å². The fourth-order valence-electron chi connectivity index (χ4n) is 6.23. The molecule has 5 atom stereocenters. The number of likely N-dealkylation sites (N-methyl/N-ethyl adjacent to an activating group) is 1. The smallest absolute Gasteiger partial charge is 0.306 e. The first-order valence-electron chi connectivity index (χ1n) is 14.1. The summed E-state index contributed by atoms with van der Waals surface area (Å²) in [5.41, 5.74) is 0.969. The first-order chi connectivity index (χ1) is 19.2. The fraction of sp³-hybridized carbons (Fsp3) is 0.567. The van der Waals surface area contributed by atoms with Crippen LogP contribution in [0.5, 0.6) is 5.75 Å². The standard InChI is InChI=1S/C30H40N2O7S/c1-31-18-24(19-31)32(40(35,36)27-10-8-25(37-2)9-11-27)20-28(33)23(14-21-6-4-3-5-7-21)16-30(34)39-26-15-22-12-13-38-29(22)17-26/h3-11,22-24,26,28-29,33H,12-20H2,1-2H3/t22?,23-,26?,28-,29-/m1/s1. The number of fused-ring (bicyclic) bond motifs is 1. The molecule has 40 heavy (non-hydrogen) atoms. The minimum atomic E-state index is -3.91. The summed E-state index contributed by atoms with van der Waals surface area (Å²) in [6.07, 6.45) is 1.88. The highest BCUT2D eigenvalue weighted by Gasteiger charge is 2.42. The Morgan fingerprint density at radius 1 is 1.12 bits per heavy atom. The first-order valence-corrected chi connectivity index (χ1v) is 15.5. The van der Waals surface area contributed by atoms with Gasteiger partial charge in [-0.2, -0.15) is 4.31 Å². The third-order valence-electron chi connectivity index (χ3n) is 8.50. The summed E-state index contributed by atoms with van der Waals surface area (Å²) in [5, 5.41) is 11.5. The molecule has 2 heterocycles. The van der Waals surface area contributed by atoms with E-state index in [-0.39, 0.29) is 42.1 Å². The predicted octanol–water partition coefficient (Wildman–Crippen LogP) is 2.72. The summed E-state index contributed by atoms with van der Waals surface area (Å²) in [5.74, 6) is 0.130. The minimum Gasteiger partial charge on any atom is -0.497 e. The summed E-state index contributed by atoms with van der Waals surface area (Å²) >= 11 is 0. The molecule has 0 aromatic heterocycles. The maximum Gasteiger partial charge on any atom is 0.306 e. The lowest BCUT2D eigenvalue weighted by Crippen LogP contribution is -2.60. The summed E-state index contributed by atoms with van der Waals surface area (Å²) in [7, 11) is -0.446. The lowest BCUT2D eigenvalue weighted by Gasteiger charge is -2.43. The Kier molecular flexibility index (Phi) is 9.11. The van der Waals surface area contributed by atoms with Gasteiger partial charge in [-0.1, -0.05) is 30.3 Å². The van der Waals surface area contributed by atoms with Gasteiger partial charge in [0.25, 0.3) is 0 Å². The monoisotopic (exact) mass is 572 g/mol. The largest absolute Gasteiger partial charge is 0.497 e. The Morgan fingerprint density at radius 3 is 2.50 bits per heavy atom. The van der Waals surface area contributed by atoms with Crippen LogP contribution in [0.2, 0.25) is 0 Å². The number of aliphatic hydroxyl groups is 1. The lowest BCUT2D eigenvalue weighted by atomic mass is 9.90. The molecule has 1 saturated carbocycles. The lowest BCUT2D eigenvalue weighted by molar-refractivity contribution is -0.151. The highest BCUT2D eigenvalue weighted by Crippen LogP contribution is 2.37. The molecule has 1 aliphatic carbocycles. The number of carbonyl (C=O) groups is 1. The third-order valence-corrected chi connectivity index (χ3v) is 10.4. The van der Waals surface area contributed by atoms with Crippen molar-refractivity contribution in [1.29, 1.82) is 0 Å². The van der Waals surface area contributed by atoms with Crippen molar-refractivity contribution in [3.63, 3.8) is 0 Å². The molecule has 9 nitrogen and oxygen atoms in total. The number of sulfonamides is 1. The number of benzene rings is 2. The highest BCUT2D eigenvalue weighted by atomic mass is 32.2. The number of nitrogens with zero attached hydrogens (tertiary/aromatic N) is 2. The fourth-order valence-corrected chi connectivity index (χ4v) is 7.86.